The lowest BCUT2D eigenvalue weighted by molar-refractivity contribution is -0.122. The number of amides is 1. The molecule has 5 heteroatoms. The standard InChI is InChI=1S/C22H32N2O3/c1-3-26-11-9-21(25)23-12-18-19-14-24(13-17-6-4-16(2)5-7-17)15-22(19)10-8-20(18)27-22/h4-7,18-20H,3,8-15H2,1-2H3,(H,23,25)/t18-,19+,20+,22+/m0/s1. The Morgan fingerprint density at radius 3 is 2.96 bits per heavy atom. The van der Waals surface area contributed by atoms with E-state index in [1.54, 1.807) is 0 Å². The van der Waals surface area contributed by atoms with Crippen molar-refractivity contribution in [2.75, 3.05) is 32.8 Å². The Kier molecular flexibility index (Phi) is 5.53. The zero-order chi connectivity index (χ0) is 18.9. The fourth-order valence-electron chi connectivity index (χ4n) is 5.26. The largest absolute Gasteiger partial charge is 0.381 e. The molecular formula is C22H32N2O3. The second-order valence-electron chi connectivity index (χ2n) is 8.44. The lowest BCUT2D eigenvalue weighted by Crippen LogP contribution is -2.42. The predicted molar refractivity (Wildman–Crippen MR) is 104 cm³/mol. The van der Waals surface area contributed by atoms with Crippen molar-refractivity contribution in [2.45, 2.75) is 51.4 Å². The lowest BCUT2D eigenvalue weighted by atomic mass is 9.73. The molecule has 3 aliphatic rings. The Morgan fingerprint density at radius 1 is 1.37 bits per heavy atom. The molecule has 0 saturated carbocycles. The van der Waals surface area contributed by atoms with E-state index in [2.05, 4.69) is 41.4 Å². The number of benzene rings is 1. The van der Waals surface area contributed by atoms with Crippen molar-refractivity contribution in [2.24, 2.45) is 11.8 Å². The van der Waals surface area contributed by atoms with Crippen LogP contribution in [0.1, 0.15) is 37.3 Å². The second-order valence-corrected chi connectivity index (χ2v) is 8.44. The molecule has 2 bridgehead atoms. The summed E-state index contributed by atoms with van der Waals surface area (Å²) in [6.45, 7) is 9.06. The third kappa shape index (κ3) is 3.91. The number of ether oxygens (including phenoxy) is 2. The molecule has 3 saturated heterocycles. The van der Waals surface area contributed by atoms with Crippen molar-refractivity contribution in [1.82, 2.24) is 10.2 Å². The third-order valence-corrected chi connectivity index (χ3v) is 6.59. The maximum Gasteiger partial charge on any atom is 0.222 e. The van der Waals surface area contributed by atoms with E-state index in [1.165, 1.54) is 17.5 Å². The van der Waals surface area contributed by atoms with E-state index < -0.39 is 0 Å². The molecule has 1 aromatic rings. The van der Waals surface area contributed by atoms with Crippen LogP contribution in [0.2, 0.25) is 0 Å². The number of likely N-dealkylation sites (tertiary alicyclic amines) is 1. The molecule has 1 aromatic carbocycles. The number of carbonyl (C=O) groups excluding carboxylic acids is 1. The fourth-order valence-corrected chi connectivity index (χ4v) is 5.26. The number of hydrogen-bond acceptors (Lipinski definition) is 4. The van der Waals surface area contributed by atoms with Crippen LogP contribution in [0.4, 0.5) is 0 Å². The first-order valence-electron chi connectivity index (χ1n) is 10.4. The molecule has 3 fully saturated rings. The summed E-state index contributed by atoms with van der Waals surface area (Å²) in [6, 6.07) is 8.84. The van der Waals surface area contributed by atoms with Gasteiger partial charge in [-0.25, -0.2) is 0 Å². The zero-order valence-corrected chi connectivity index (χ0v) is 16.6. The molecule has 5 nitrogen and oxygen atoms in total. The molecule has 1 amide bonds. The van der Waals surface area contributed by atoms with Crippen LogP contribution in [0.15, 0.2) is 24.3 Å². The highest BCUT2D eigenvalue weighted by Crippen LogP contribution is 2.54. The molecule has 3 heterocycles. The first kappa shape index (κ1) is 18.9. The summed E-state index contributed by atoms with van der Waals surface area (Å²) in [5.41, 5.74) is 2.70. The van der Waals surface area contributed by atoms with E-state index in [0.717, 1.165) is 32.6 Å². The van der Waals surface area contributed by atoms with Gasteiger partial charge in [0.1, 0.15) is 0 Å². The molecule has 0 radical (unpaired) electrons. The normalized spacial score (nSPS) is 32.0. The number of aryl methyl sites for hydroxylation is 1. The summed E-state index contributed by atoms with van der Waals surface area (Å²) in [4.78, 5) is 14.6. The van der Waals surface area contributed by atoms with Gasteiger partial charge in [-0.15, -0.1) is 0 Å². The highest BCUT2D eigenvalue weighted by molar-refractivity contribution is 5.75. The van der Waals surface area contributed by atoms with Gasteiger partial charge in [-0.3, -0.25) is 9.69 Å². The van der Waals surface area contributed by atoms with Crippen LogP contribution in [0.25, 0.3) is 0 Å². The highest BCUT2D eigenvalue weighted by Gasteiger charge is 2.62. The maximum absolute atomic E-state index is 12.1. The number of carbonyl (C=O) groups is 1. The first-order valence-corrected chi connectivity index (χ1v) is 10.4. The molecule has 1 N–H and O–H groups in total. The SMILES string of the molecule is CCOCCC(=O)NC[C@H]1[C@H]2CN(Cc3ccc(C)cc3)C[C@]23CC[C@H]1O3. The average Bonchev–Trinajstić information content (AvgIpc) is 3.30. The van der Waals surface area contributed by atoms with Gasteiger partial charge in [0, 0.05) is 51.0 Å². The summed E-state index contributed by atoms with van der Waals surface area (Å²) >= 11 is 0. The number of fused-ring (bicyclic) bond motifs is 1. The molecule has 0 unspecified atom stereocenters. The van der Waals surface area contributed by atoms with Gasteiger partial charge in [0.25, 0.3) is 0 Å². The second kappa shape index (κ2) is 7.90. The molecule has 3 aliphatic heterocycles. The van der Waals surface area contributed by atoms with Gasteiger partial charge in [-0.1, -0.05) is 29.8 Å². The first-order chi connectivity index (χ1) is 13.1. The van der Waals surface area contributed by atoms with Crippen molar-refractivity contribution in [1.29, 1.82) is 0 Å². The zero-order valence-electron chi connectivity index (χ0n) is 16.6. The van der Waals surface area contributed by atoms with Crippen LogP contribution in [-0.2, 0) is 20.8 Å². The minimum absolute atomic E-state index is 0.0239. The summed E-state index contributed by atoms with van der Waals surface area (Å²) in [5, 5.41) is 3.13. The van der Waals surface area contributed by atoms with Crippen molar-refractivity contribution < 1.29 is 14.3 Å². The fraction of sp³-hybridized carbons (Fsp3) is 0.682. The molecule has 4 rings (SSSR count). The van der Waals surface area contributed by atoms with Gasteiger partial charge in [-0.05, 0) is 32.3 Å². The van der Waals surface area contributed by atoms with E-state index >= 15 is 0 Å². The van der Waals surface area contributed by atoms with Crippen LogP contribution >= 0.6 is 0 Å². The summed E-state index contributed by atoms with van der Waals surface area (Å²) < 4.78 is 11.8. The lowest BCUT2D eigenvalue weighted by Gasteiger charge is -2.29. The Bertz CT molecular complexity index is 662. The number of rotatable bonds is 8. The third-order valence-electron chi connectivity index (χ3n) is 6.59. The number of nitrogens with one attached hydrogen (secondary N) is 1. The molecule has 148 valence electrons. The molecule has 1 spiro atoms. The summed E-state index contributed by atoms with van der Waals surface area (Å²) in [7, 11) is 0. The number of nitrogens with zero attached hydrogens (tertiary/aromatic N) is 1. The van der Waals surface area contributed by atoms with Crippen LogP contribution in [0.3, 0.4) is 0 Å². The average molecular weight is 373 g/mol. The van der Waals surface area contributed by atoms with Gasteiger partial charge in [0.15, 0.2) is 0 Å². The Morgan fingerprint density at radius 2 is 2.19 bits per heavy atom. The molecule has 4 atom stereocenters. The minimum Gasteiger partial charge on any atom is -0.381 e. The number of hydrogen-bond donors (Lipinski definition) is 1. The smallest absolute Gasteiger partial charge is 0.222 e. The van der Waals surface area contributed by atoms with Crippen LogP contribution in [0, 0.1) is 18.8 Å². The maximum atomic E-state index is 12.1. The van der Waals surface area contributed by atoms with E-state index in [-0.39, 0.29) is 11.5 Å². The Labute approximate surface area is 162 Å². The Hall–Kier alpha value is -1.43. The summed E-state index contributed by atoms with van der Waals surface area (Å²) in [5.74, 6) is 1.07. The van der Waals surface area contributed by atoms with E-state index in [4.69, 9.17) is 9.47 Å². The van der Waals surface area contributed by atoms with E-state index in [0.29, 0.717) is 37.6 Å². The topological polar surface area (TPSA) is 50.8 Å². The van der Waals surface area contributed by atoms with Crippen LogP contribution in [0.5, 0.6) is 0 Å². The van der Waals surface area contributed by atoms with Crippen LogP contribution < -0.4 is 5.32 Å². The van der Waals surface area contributed by atoms with Gasteiger partial charge in [0.2, 0.25) is 5.91 Å². The highest BCUT2D eigenvalue weighted by atomic mass is 16.5. The van der Waals surface area contributed by atoms with E-state index in [9.17, 15) is 4.79 Å². The van der Waals surface area contributed by atoms with Crippen molar-refractivity contribution >= 4 is 5.91 Å². The van der Waals surface area contributed by atoms with Crippen LogP contribution in [-0.4, -0.2) is 55.4 Å². The van der Waals surface area contributed by atoms with Crippen molar-refractivity contribution in [3.63, 3.8) is 0 Å². The molecule has 0 aliphatic carbocycles. The van der Waals surface area contributed by atoms with Gasteiger partial charge >= 0.3 is 0 Å². The minimum atomic E-state index is 0.0239. The van der Waals surface area contributed by atoms with Gasteiger partial charge < -0.3 is 14.8 Å². The van der Waals surface area contributed by atoms with Gasteiger partial charge in [-0.2, -0.15) is 0 Å². The summed E-state index contributed by atoms with van der Waals surface area (Å²) in [6.07, 6.45) is 3.07. The predicted octanol–water partition coefficient (Wildman–Crippen LogP) is 2.52. The molecule has 27 heavy (non-hydrogen) atoms. The van der Waals surface area contributed by atoms with Crippen molar-refractivity contribution in [3.8, 4) is 0 Å². The van der Waals surface area contributed by atoms with Crippen molar-refractivity contribution in [3.05, 3.63) is 35.4 Å². The Balaban J connectivity index is 1.33. The monoisotopic (exact) mass is 372 g/mol. The van der Waals surface area contributed by atoms with Gasteiger partial charge in [0.05, 0.1) is 18.3 Å². The quantitative estimate of drug-likeness (QED) is 0.713. The molecular weight excluding hydrogens is 340 g/mol. The molecule has 0 aromatic heterocycles. The van der Waals surface area contributed by atoms with E-state index in [1.807, 2.05) is 6.92 Å².